The molecule has 2 aromatic carbocycles. The highest BCUT2D eigenvalue weighted by Crippen LogP contribution is 2.24. The summed E-state index contributed by atoms with van der Waals surface area (Å²) in [5, 5.41) is 2.76. The lowest BCUT2D eigenvalue weighted by molar-refractivity contribution is -0.123. The molecule has 0 saturated heterocycles. The molecule has 1 amide bonds. The van der Waals surface area contributed by atoms with Gasteiger partial charge < -0.3 is 11.1 Å². The van der Waals surface area contributed by atoms with E-state index < -0.39 is 15.4 Å². The fourth-order valence-corrected chi connectivity index (χ4v) is 3.10. The first kappa shape index (κ1) is 17.8. The van der Waals surface area contributed by atoms with E-state index >= 15 is 0 Å². The van der Waals surface area contributed by atoms with Crippen LogP contribution in [0.2, 0.25) is 0 Å². The number of nitrogens with two attached hydrogens (primary N) is 1. The van der Waals surface area contributed by atoms with Gasteiger partial charge >= 0.3 is 0 Å². The van der Waals surface area contributed by atoms with Crippen LogP contribution in [0, 0.1) is 5.41 Å². The van der Waals surface area contributed by atoms with Gasteiger partial charge in [0, 0.05) is 11.1 Å². The van der Waals surface area contributed by atoms with Gasteiger partial charge in [-0.05, 0) is 30.3 Å². The van der Waals surface area contributed by atoms with E-state index in [1.165, 1.54) is 12.1 Å². The van der Waals surface area contributed by atoms with E-state index in [9.17, 15) is 13.2 Å². The maximum atomic E-state index is 12.4. The van der Waals surface area contributed by atoms with Crippen LogP contribution in [0.5, 0.6) is 0 Å². The predicted octanol–water partition coefficient (Wildman–Crippen LogP) is 3.05. The molecule has 0 spiro atoms. The Labute approximate surface area is 142 Å². The van der Waals surface area contributed by atoms with Crippen LogP contribution < -0.4 is 15.8 Å². The monoisotopic (exact) mass is 347 g/mol. The fraction of sp³-hybridized carbons (Fsp3) is 0.235. The Kier molecular flexibility index (Phi) is 4.84. The number of sulfonamides is 1. The fourth-order valence-electron chi connectivity index (χ4n) is 1.91. The molecule has 0 aliphatic carbocycles. The number of carbonyl (C=O) groups is 1. The number of benzene rings is 2. The van der Waals surface area contributed by atoms with E-state index in [-0.39, 0.29) is 16.5 Å². The van der Waals surface area contributed by atoms with Crippen molar-refractivity contribution in [3.05, 3.63) is 48.5 Å². The molecule has 6 nitrogen and oxygen atoms in total. The van der Waals surface area contributed by atoms with Crippen LogP contribution >= 0.6 is 0 Å². The lowest BCUT2D eigenvalue weighted by Gasteiger charge is -2.18. The molecule has 0 fully saturated rings. The van der Waals surface area contributed by atoms with Crippen molar-refractivity contribution in [3.8, 4) is 0 Å². The molecule has 0 aliphatic rings. The van der Waals surface area contributed by atoms with Crippen molar-refractivity contribution in [1.82, 2.24) is 0 Å². The van der Waals surface area contributed by atoms with E-state index in [1.807, 2.05) is 0 Å². The summed E-state index contributed by atoms with van der Waals surface area (Å²) in [6.07, 6.45) is 0. The molecule has 0 saturated carbocycles. The molecular weight excluding hydrogens is 326 g/mol. The first-order chi connectivity index (χ1) is 11.1. The molecule has 0 radical (unpaired) electrons. The zero-order valence-electron chi connectivity index (χ0n) is 13.8. The molecule has 7 heteroatoms. The van der Waals surface area contributed by atoms with Gasteiger partial charge in [-0.3, -0.25) is 9.52 Å². The minimum Gasteiger partial charge on any atom is -0.398 e. The summed E-state index contributed by atoms with van der Waals surface area (Å²) < 4.78 is 27.3. The highest BCUT2D eigenvalue weighted by atomic mass is 32.2. The number of rotatable bonds is 4. The normalized spacial score (nSPS) is 11.8. The molecule has 24 heavy (non-hydrogen) atoms. The average molecular weight is 347 g/mol. The van der Waals surface area contributed by atoms with Gasteiger partial charge in [0.1, 0.15) is 4.90 Å². The third-order valence-corrected chi connectivity index (χ3v) is 4.72. The van der Waals surface area contributed by atoms with Crippen molar-refractivity contribution in [2.75, 3.05) is 15.8 Å². The summed E-state index contributed by atoms with van der Waals surface area (Å²) in [7, 11) is -3.81. The molecular formula is C17H21N3O3S. The Morgan fingerprint density at radius 3 is 2.25 bits per heavy atom. The first-order valence-electron chi connectivity index (χ1n) is 7.38. The highest BCUT2D eigenvalue weighted by Gasteiger charge is 2.21. The number of hydrogen-bond acceptors (Lipinski definition) is 4. The van der Waals surface area contributed by atoms with Gasteiger partial charge in [-0.1, -0.05) is 39.0 Å². The van der Waals surface area contributed by atoms with Crippen LogP contribution in [-0.4, -0.2) is 14.3 Å². The van der Waals surface area contributed by atoms with Crippen molar-refractivity contribution in [2.45, 2.75) is 25.7 Å². The van der Waals surface area contributed by atoms with E-state index in [4.69, 9.17) is 5.73 Å². The summed E-state index contributed by atoms with van der Waals surface area (Å²) in [6, 6.07) is 12.7. The smallest absolute Gasteiger partial charge is 0.263 e. The Bertz CT molecular complexity index is 855. The number of nitrogens with one attached hydrogen (secondary N) is 2. The summed E-state index contributed by atoms with van der Waals surface area (Å²) in [5.41, 5.74) is 6.20. The van der Waals surface area contributed by atoms with Crippen LogP contribution in [0.25, 0.3) is 0 Å². The van der Waals surface area contributed by atoms with Gasteiger partial charge in [-0.15, -0.1) is 0 Å². The Morgan fingerprint density at radius 1 is 1.00 bits per heavy atom. The molecule has 0 unspecified atom stereocenters. The number of nitrogen functional groups attached to an aromatic ring is 1. The molecule has 2 aromatic rings. The molecule has 2 rings (SSSR count). The molecule has 0 aromatic heterocycles. The lowest BCUT2D eigenvalue weighted by Crippen LogP contribution is -2.27. The molecule has 4 N–H and O–H groups in total. The van der Waals surface area contributed by atoms with E-state index in [2.05, 4.69) is 10.0 Å². The van der Waals surface area contributed by atoms with E-state index in [0.717, 1.165) is 0 Å². The third-order valence-electron chi connectivity index (χ3n) is 3.26. The Morgan fingerprint density at radius 2 is 1.62 bits per heavy atom. The maximum Gasteiger partial charge on any atom is 0.263 e. The van der Waals surface area contributed by atoms with E-state index in [0.29, 0.717) is 11.4 Å². The number of para-hydroxylation sites is 1. The topological polar surface area (TPSA) is 101 Å². The van der Waals surface area contributed by atoms with Crippen LogP contribution in [0.15, 0.2) is 53.4 Å². The zero-order valence-corrected chi connectivity index (χ0v) is 14.6. The quantitative estimate of drug-likeness (QED) is 0.740. The van der Waals surface area contributed by atoms with Gasteiger partial charge in [0.05, 0.1) is 11.4 Å². The van der Waals surface area contributed by atoms with Gasteiger partial charge in [0.2, 0.25) is 5.91 Å². The maximum absolute atomic E-state index is 12.4. The van der Waals surface area contributed by atoms with Crippen molar-refractivity contribution in [1.29, 1.82) is 0 Å². The molecule has 0 aliphatic heterocycles. The van der Waals surface area contributed by atoms with Gasteiger partial charge in [0.15, 0.2) is 0 Å². The van der Waals surface area contributed by atoms with E-state index in [1.54, 1.807) is 57.2 Å². The lowest BCUT2D eigenvalue weighted by atomic mass is 9.95. The summed E-state index contributed by atoms with van der Waals surface area (Å²) in [4.78, 5) is 12.0. The van der Waals surface area contributed by atoms with Gasteiger partial charge in [-0.2, -0.15) is 0 Å². The van der Waals surface area contributed by atoms with Crippen LogP contribution in [0.1, 0.15) is 20.8 Å². The highest BCUT2D eigenvalue weighted by molar-refractivity contribution is 7.92. The second-order valence-corrected chi connectivity index (χ2v) is 8.08. The zero-order chi connectivity index (χ0) is 18.0. The summed E-state index contributed by atoms with van der Waals surface area (Å²) >= 11 is 0. The SMILES string of the molecule is CC(C)(C)C(=O)Nc1cccc(NS(=O)(=O)c2ccccc2N)c1. The number of carbonyl (C=O) groups excluding carboxylic acids is 1. The number of anilines is 3. The second-order valence-electron chi connectivity index (χ2n) is 6.43. The molecule has 128 valence electrons. The molecule has 0 atom stereocenters. The van der Waals surface area contributed by atoms with Crippen LogP contribution in [0.4, 0.5) is 17.1 Å². The van der Waals surface area contributed by atoms with Gasteiger partial charge in [0.25, 0.3) is 10.0 Å². The van der Waals surface area contributed by atoms with Crippen LogP contribution in [0.3, 0.4) is 0 Å². The summed E-state index contributed by atoms with van der Waals surface area (Å²) in [5.74, 6) is -0.158. The standard InChI is InChI=1S/C17H21N3O3S/c1-17(2,3)16(21)19-12-7-6-8-13(11-12)20-24(22,23)15-10-5-4-9-14(15)18/h4-11,20H,18H2,1-3H3,(H,19,21). The van der Waals surface area contributed by atoms with Crippen LogP contribution in [-0.2, 0) is 14.8 Å². The van der Waals surface area contributed by atoms with Crippen molar-refractivity contribution < 1.29 is 13.2 Å². The average Bonchev–Trinajstić information content (AvgIpc) is 2.46. The third kappa shape index (κ3) is 4.26. The van der Waals surface area contributed by atoms with Gasteiger partial charge in [-0.25, -0.2) is 8.42 Å². The molecule has 0 heterocycles. The predicted molar refractivity (Wildman–Crippen MR) is 96.2 cm³/mol. The minimum absolute atomic E-state index is 0.00845. The van der Waals surface area contributed by atoms with Crippen molar-refractivity contribution >= 4 is 33.0 Å². The first-order valence-corrected chi connectivity index (χ1v) is 8.87. The molecule has 0 bridgehead atoms. The Hall–Kier alpha value is -2.54. The number of hydrogen-bond donors (Lipinski definition) is 3. The van der Waals surface area contributed by atoms with Crippen molar-refractivity contribution in [3.63, 3.8) is 0 Å². The van der Waals surface area contributed by atoms with Crippen molar-refractivity contribution in [2.24, 2.45) is 5.41 Å². The summed E-state index contributed by atoms with van der Waals surface area (Å²) in [6.45, 7) is 5.40. The Balaban J connectivity index is 2.24. The minimum atomic E-state index is -3.81. The number of amides is 1. The largest absolute Gasteiger partial charge is 0.398 e. The second kappa shape index (κ2) is 6.52.